The van der Waals surface area contributed by atoms with Gasteiger partial charge < -0.3 is 4.98 Å². The lowest BCUT2D eigenvalue weighted by molar-refractivity contribution is 1.16. The average Bonchev–Trinajstić information content (AvgIpc) is 1.94. The fourth-order valence-corrected chi connectivity index (χ4v) is 1.63. The van der Waals surface area contributed by atoms with Crippen LogP contribution in [0.1, 0.15) is 5.56 Å². The Labute approximate surface area is 69.9 Å². The van der Waals surface area contributed by atoms with Crippen molar-refractivity contribution in [2.75, 3.05) is 6.26 Å². The number of thioether (sulfide) groups is 1. The number of aromatic nitrogens is 1. The van der Waals surface area contributed by atoms with Crippen molar-refractivity contribution >= 4 is 24.0 Å². The third kappa shape index (κ3) is 1.61. The number of hydrogen-bond acceptors (Lipinski definition) is 2. The van der Waals surface area contributed by atoms with Crippen LogP contribution in [0.2, 0.25) is 0 Å². The largest absolute Gasteiger partial charge is 0.352 e. The van der Waals surface area contributed by atoms with Gasteiger partial charge in [-0.25, -0.2) is 0 Å². The molecule has 0 aromatic carbocycles. The predicted octanol–water partition coefficient (Wildman–Crippen LogP) is 2.77. The summed E-state index contributed by atoms with van der Waals surface area (Å²) in [5, 5.41) is 0. The molecule has 1 aromatic rings. The van der Waals surface area contributed by atoms with E-state index in [0.29, 0.717) is 0 Å². The van der Waals surface area contributed by atoms with Gasteiger partial charge in [-0.15, -0.1) is 11.8 Å². The average molecular weight is 171 g/mol. The lowest BCUT2D eigenvalue weighted by atomic mass is 10.3. The molecule has 54 valence electrons. The molecule has 10 heavy (non-hydrogen) atoms. The molecule has 1 heterocycles. The van der Waals surface area contributed by atoms with Crippen LogP contribution in [0.5, 0.6) is 0 Å². The molecule has 0 saturated heterocycles. The van der Waals surface area contributed by atoms with Gasteiger partial charge in [-0.1, -0.05) is 12.2 Å². The van der Waals surface area contributed by atoms with Crippen molar-refractivity contribution in [1.29, 1.82) is 0 Å². The van der Waals surface area contributed by atoms with E-state index in [1.165, 1.54) is 5.56 Å². The van der Waals surface area contributed by atoms with Crippen LogP contribution in [0, 0.1) is 11.6 Å². The van der Waals surface area contributed by atoms with E-state index in [9.17, 15) is 0 Å². The zero-order chi connectivity index (χ0) is 7.56. The molecule has 0 fully saturated rings. The first-order chi connectivity index (χ1) is 4.74. The van der Waals surface area contributed by atoms with Gasteiger partial charge in [0.25, 0.3) is 0 Å². The van der Waals surface area contributed by atoms with Gasteiger partial charge in [-0.05, 0) is 24.8 Å². The van der Waals surface area contributed by atoms with Crippen molar-refractivity contribution in [3.8, 4) is 0 Å². The second kappa shape index (κ2) is 3.21. The SMILES string of the molecule is CSc1cc(C)c[nH]c1=S. The van der Waals surface area contributed by atoms with Crippen LogP contribution >= 0.6 is 24.0 Å². The fourth-order valence-electron chi connectivity index (χ4n) is 0.716. The molecule has 0 spiro atoms. The summed E-state index contributed by atoms with van der Waals surface area (Å²) in [5.41, 5.74) is 1.22. The predicted molar refractivity (Wildman–Crippen MR) is 48.1 cm³/mol. The van der Waals surface area contributed by atoms with Crippen molar-refractivity contribution in [2.24, 2.45) is 0 Å². The summed E-state index contributed by atoms with van der Waals surface area (Å²) >= 11 is 6.71. The van der Waals surface area contributed by atoms with Gasteiger partial charge in [-0.2, -0.15) is 0 Å². The topological polar surface area (TPSA) is 15.8 Å². The Morgan fingerprint density at radius 3 is 2.80 bits per heavy atom. The number of aromatic amines is 1. The van der Waals surface area contributed by atoms with Crippen molar-refractivity contribution < 1.29 is 0 Å². The first-order valence-electron chi connectivity index (χ1n) is 2.97. The standard InChI is InChI=1S/C7H9NS2/c1-5-3-6(10-2)7(9)8-4-5/h3-4H,1-2H3,(H,8,9). The van der Waals surface area contributed by atoms with Gasteiger partial charge in [0.15, 0.2) is 0 Å². The number of hydrogen-bond donors (Lipinski definition) is 1. The number of pyridine rings is 1. The third-order valence-electron chi connectivity index (χ3n) is 1.23. The Kier molecular flexibility index (Phi) is 2.51. The van der Waals surface area contributed by atoms with Crippen molar-refractivity contribution in [3.05, 3.63) is 22.5 Å². The quantitative estimate of drug-likeness (QED) is 0.516. The summed E-state index contributed by atoms with van der Waals surface area (Å²) < 4.78 is 0.832. The van der Waals surface area contributed by atoms with Crippen LogP contribution in [0.25, 0.3) is 0 Å². The molecular formula is C7H9NS2. The molecule has 1 rings (SSSR count). The molecule has 3 heteroatoms. The molecule has 0 amide bonds. The monoisotopic (exact) mass is 171 g/mol. The highest BCUT2D eigenvalue weighted by atomic mass is 32.2. The minimum atomic E-state index is 0.832. The number of aryl methyl sites for hydroxylation is 1. The molecular weight excluding hydrogens is 162 g/mol. The Bertz CT molecular complexity index is 277. The van der Waals surface area contributed by atoms with E-state index >= 15 is 0 Å². The molecule has 0 radical (unpaired) electrons. The van der Waals surface area contributed by atoms with Gasteiger partial charge in [0.2, 0.25) is 0 Å². The fraction of sp³-hybridized carbons (Fsp3) is 0.286. The van der Waals surface area contributed by atoms with E-state index in [2.05, 4.69) is 11.1 Å². The van der Waals surface area contributed by atoms with Gasteiger partial charge >= 0.3 is 0 Å². The Hall–Kier alpha value is -0.280. The minimum absolute atomic E-state index is 0.832. The molecule has 0 aliphatic heterocycles. The van der Waals surface area contributed by atoms with E-state index in [4.69, 9.17) is 12.2 Å². The highest BCUT2D eigenvalue weighted by Crippen LogP contribution is 2.15. The van der Waals surface area contributed by atoms with Crippen LogP contribution in [0.4, 0.5) is 0 Å². The van der Waals surface area contributed by atoms with Crippen LogP contribution in [0.3, 0.4) is 0 Å². The molecule has 0 aliphatic rings. The maximum atomic E-state index is 5.03. The molecule has 0 aliphatic carbocycles. The smallest absolute Gasteiger partial charge is 0.116 e. The molecule has 1 N–H and O–H groups in total. The minimum Gasteiger partial charge on any atom is -0.352 e. The summed E-state index contributed by atoms with van der Waals surface area (Å²) in [7, 11) is 0. The third-order valence-corrected chi connectivity index (χ3v) is 2.46. The zero-order valence-electron chi connectivity index (χ0n) is 5.97. The normalized spacial score (nSPS) is 9.80. The van der Waals surface area contributed by atoms with E-state index in [1.807, 2.05) is 19.4 Å². The molecule has 1 aromatic heterocycles. The zero-order valence-corrected chi connectivity index (χ0v) is 7.60. The van der Waals surface area contributed by atoms with Crippen LogP contribution < -0.4 is 0 Å². The number of nitrogens with one attached hydrogen (secondary N) is 1. The summed E-state index contributed by atoms with van der Waals surface area (Å²) in [4.78, 5) is 4.16. The maximum absolute atomic E-state index is 5.03. The Morgan fingerprint density at radius 1 is 1.60 bits per heavy atom. The van der Waals surface area contributed by atoms with E-state index in [1.54, 1.807) is 11.8 Å². The second-order valence-electron chi connectivity index (χ2n) is 2.07. The highest BCUT2D eigenvalue weighted by molar-refractivity contribution is 7.98. The van der Waals surface area contributed by atoms with Gasteiger partial charge in [0.05, 0.1) is 0 Å². The molecule has 0 atom stereocenters. The van der Waals surface area contributed by atoms with E-state index < -0.39 is 0 Å². The van der Waals surface area contributed by atoms with Crippen molar-refractivity contribution in [1.82, 2.24) is 4.98 Å². The van der Waals surface area contributed by atoms with Gasteiger partial charge in [-0.3, -0.25) is 0 Å². The van der Waals surface area contributed by atoms with Crippen LogP contribution in [-0.2, 0) is 0 Å². The molecule has 0 unspecified atom stereocenters. The van der Waals surface area contributed by atoms with Crippen molar-refractivity contribution in [2.45, 2.75) is 11.8 Å². The summed E-state index contributed by atoms with van der Waals surface area (Å²) in [5.74, 6) is 0. The maximum Gasteiger partial charge on any atom is 0.116 e. The first kappa shape index (κ1) is 7.82. The lowest BCUT2D eigenvalue weighted by Gasteiger charge is -1.96. The van der Waals surface area contributed by atoms with Gasteiger partial charge in [0.1, 0.15) is 4.64 Å². The molecule has 0 bridgehead atoms. The Morgan fingerprint density at radius 2 is 2.30 bits per heavy atom. The number of rotatable bonds is 1. The van der Waals surface area contributed by atoms with E-state index in [-0.39, 0.29) is 0 Å². The summed E-state index contributed by atoms with van der Waals surface area (Å²) in [6, 6.07) is 2.09. The molecule has 1 nitrogen and oxygen atoms in total. The van der Waals surface area contributed by atoms with E-state index in [0.717, 1.165) is 9.54 Å². The first-order valence-corrected chi connectivity index (χ1v) is 4.60. The second-order valence-corrected chi connectivity index (χ2v) is 3.33. The highest BCUT2D eigenvalue weighted by Gasteiger charge is 1.91. The number of H-pyrrole nitrogens is 1. The molecule has 0 saturated carbocycles. The van der Waals surface area contributed by atoms with Crippen LogP contribution in [-0.4, -0.2) is 11.2 Å². The lowest BCUT2D eigenvalue weighted by Crippen LogP contribution is -1.80. The van der Waals surface area contributed by atoms with Gasteiger partial charge in [0, 0.05) is 11.1 Å². The Balaban J connectivity index is 3.22. The van der Waals surface area contributed by atoms with Crippen LogP contribution in [0.15, 0.2) is 17.2 Å². The van der Waals surface area contributed by atoms with Crippen molar-refractivity contribution in [3.63, 3.8) is 0 Å². The summed E-state index contributed by atoms with van der Waals surface area (Å²) in [6.07, 6.45) is 3.94. The summed E-state index contributed by atoms with van der Waals surface area (Å²) in [6.45, 7) is 2.05.